The predicted molar refractivity (Wildman–Crippen MR) is 53.8 cm³/mol. The molecule has 2 rings (SSSR count). The fourth-order valence-electron chi connectivity index (χ4n) is 2.58. The zero-order valence-corrected chi connectivity index (χ0v) is 8.55. The van der Waals surface area contributed by atoms with E-state index in [4.69, 9.17) is 5.11 Å². The van der Waals surface area contributed by atoms with E-state index in [0.717, 1.165) is 25.7 Å². The molecule has 0 saturated carbocycles. The Balaban J connectivity index is 2.17. The molecule has 1 heterocycles. The summed E-state index contributed by atoms with van der Waals surface area (Å²) in [7, 11) is 0. The van der Waals surface area contributed by atoms with Crippen molar-refractivity contribution in [2.24, 2.45) is 5.92 Å². The highest BCUT2D eigenvalue weighted by Crippen LogP contribution is 2.35. The van der Waals surface area contributed by atoms with E-state index in [9.17, 15) is 4.79 Å². The van der Waals surface area contributed by atoms with E-state index in [1.165, 1.54) is 17.7 Å². The average molecular weight is 195 g/mol. The van der Waals surface area contributed by atoms with Crippen LogP contribution in [0.5, 0.6) is 0 Å². The van der Waals surface area contributed by atoms with Gasteiger partial charge < -0.3 is 10.4 Å². The third-order valence-corrected chi connectivity index (χ3v) is 3.40. The first kappa shape index (κ1) is 9.56. The molecule has 3 heteroatoms. The molecule has 14 heavy (non-hydrogen) atoms. The first-order chi connectivity index (χ1) is 6.72. The minimum absolute atomic E-state index is 0.143. The molecule has 1 aliphatic heterocycles. The maximum absolute atomic E-state index is 11.0. The van der Waals surface area contributed by atoms with Crippen LogP contribution in [0.25, 0.3) is 0 Å². The highest BCUT2D eigenvalue weighted by Gasteiger charge is 2.34. The molecule has 2 N–H and O–H groups in total. The van der Waals surface area contributed by atoms with Crippen LogP contribution in [0, 0.1) is 5.92 Å². The number of carboxylic acids is 1. The number of carbonyl (C=O) groups is 1. The summed E-state index contributed by atoms with van der Waals surface area (Å²) in [6.45, 7) is 2.05. The summed E-state index contributed by atoms with van der Waals surface area (Å²) in [6.07, 6.45) is 5.09. The summed E-state index contributed by atoms with van der Waals surface area (Å²) < 4.78 is 0. The maximum atomic E-state index is 11.0. The van der Waals surface area contributed by atoms with Crippen LogP contribution in [0.15, 0.2) is 11.3 Å². The molecule has 0 bridgehead atoms. The van der Waals surface area contributed by atoms with Crippen LogP contribution in [0.3, 0.4) is 0 Å². The third kappa shape index (κ3) is 1.51. The van der Waals surface area contributed by atoms with Gasteiger partial charge in [-0.2, -0.15) is 0 Å². The molecule has 0 fully saturated rings. The lowest BCUT2D eigenvalue weighted by atomic mass is 9.86. The number of carboxylic acid groups (broad SMARTS) is 1. The number of allylic oxidation sites excluding steroid dienone is 2. The molecule has 1 unspecified atom stereocenters. The van der Waals surface area contributed by atoms with Gasteiger partial charge in [0.15, 0.2) is 0 Å². The number of hydrogen-bond donors (Lipinski definition) is 2. The van der Waals surface area contributed by atoms with Gasteiger partial charge in [-0.15, -0.1) is 0 Å². The van der Waals surface area contributed by atoms with Crippen molar-refractivity contribution in [2.75, 3.05) is 0 Å². The van der Waals surface area contributed by atoms with Crippen LogP contribution < -0.4 is 5.32 Å². The van der Waals surface area contributed by atoms with Crippen molar-refractivity contribution < 1.29 is 9.90 Å². The van der Waals surface area contributed by atoms with Gasteiger partial charge in [0.1, 0.15) is 0 Å². The van der Waals surface area contributed by atoms with Gasteiger partial charge in [0.2, 0.25) is 0 Å². The van der Waals surface area contributed by atoms with E-state index < -0.39 is 5.97 Å². The predicted octanol–water partition coefficient (Wildman–Crippen LogP) is 1.90. The van der Waals surface area contributed by atoms with Crippen LogP contribution in [0.1, 0.15) is 39.0 Å². The van der Waals surface area contributed by atoms with Crippen molar-refractivity contribution in [3.63, 3.8) is 0 Å². The highest BCUT2D eigenvalue weighted by molar-refractivity contribution is 5.72. The minimum Gasteiger partial charge on any atom is -0.481 e. The Bertz CT molecular complexity index is 283. The standard InChI is InChI=1S/C11H17NO2/c1-2-9-8(11(13)14)6-7-4-3-5-10(7)12-9/h8-9,12H,2-6H2,1H3,(H,13,14)/t8-,9?/m0/s1. The van der Waals surface area contributed by atoms with Gasteiger partial charge in [0, 0.05) is 11.7 Å². The Kier molecular flexibility index (Phi) is 2.48. The van der Waals surface area contributed by atoms with E-state index in [-0.39, 0.29) is 12.0 Å². The second-order valence-corrected chi connectivity index (χ2v) is 4.24. The van der Waals surface area contributed by atoms with Crippen molar-refractivity contribution >= 4 is 5.97 Å². The maximum Gasteiger partial charge on any atom is 0.308 e. The van der Waals surface area contributed by atoms with E-state index in [1.807, 2.05) is 6.92 Å². The smallest absolute Gasteiger partial charge is 0.308 e. The summed E-state index contributed by atoms with van der Waals surface area (Å²) in [5.41, 5.74) is 2.71. The number of hydrogen-bond acceptors (Lipinski definition) is 2. The molecule has 0 aromatic heterocycles. The second kappa shape index (κ2) is 3.64. The lowest BCUT2D eigenvalue weighted by Crippen LogP contribution is -2.42. The van der Waals surface area contributed by atoms with Gasteiger partial charge in [-0.1, -0.05) is 12.5 Å². The molecule has 78 valence electrons. The quantitative estimate of drug-likeness (QED) is 0.707. The second-order valence-electron chi connectivity index (χ2n) is 4.24. The summed E-state index contributed by atoms with van der Waals surface area (Å²) in [4.78, 5) is 11.0. The Labute approximate surface area is 84.2 Å². The molecule has 2 atom stereocenters. The van der Waals surface area contributed by atoms with Crippen LogP contribution in [-0.2, 0) is 4.79 Å². The Morgan fingerprint density at radius 1 is 1.57 bits per heavy atom. The monoisotopic (exact) mass is 195 g/mol. The van der Waals surface area contributed by atoms with Crippen LogP contribution >= 0.6 is 0 Å². The zero-order valence-electron chi connectivity index (χ0n) is 8.55. The summed E-state index contributed by atoms with van der Waals surface area (Å²) in [6, 6.07) is 0.143. The molecular weight excluding hydrogens is 178 g/mol. The van der Waals surface area contributed by atoms with Crippen molar-refractivity contribution in [3.8, 4) is 0 Å². The summed E-state index contributed by atoms with van der Waals surface area (Å²) >= 11 is 0. The largest absolute Gasteiger partial charge is 0.481 e. The fraction of sp³-hybridized carbons (Fsp3) is 0.727. The van der Waals surface area contributed by atoms with E-state index >= 15 is 0 Å². The molecule has 1 aliphatic carbocycles. The van der Waals surface area contributed by atoms with Gasteiger partial charge in [0.25, 0.3) is 0 Å². The molecule has 0 amide bonds. The molecule has 0 aromatic rings. The topological polar surface area (TPSA) is 49.3 Å². The van der Waals surface area contributed by atoms with Crippen molar-refractivity contribution in [1.82, 2.24) is 5.32 Å². The van der Waals surface area contributed by atoms with Gasteiger partial charge in [-0.25, -0.2) is 0 Å². The molecule has 0 spiro atoms. The molecule has 3 nitrogen and oxygen atoms in total. The number of rotatable bonds is 2. The molecular formula is C11H17NO2. The van der Waals surface area contributed by atoms with E-state index in [2.05, 4.69) is 5.32 Å². The average Bonchev–Trinajstić information content (AvgIpc) is 2.62. The van der Waals surface area contributed by atoms with E-state index in [1.54, 1.807) is 0 Å². The van der Waals surface area contributed by atoms with Crippen molar-refractivity contribution in [1.29, 1.82) is 0 Å². The molecule has 0 aromatic carbocycles. The molecule has 2 aliphatic rings. The van der Waals surface area contributed by atoms with Gasteiger partial charge in [-0.3, -0.25) is 4.79 Å². The van der Waals surface area contributed by atoms with Gasteiger partial charge in [-0.05, 0) is 32.1 Å². The number of nitrogens with one attached hydrogen (secondary N) is 1. The minimum atomic E-state index is -0.650. The first-order valence-corrected chi connectivity index (χ1v) is 5.42. The zero-order chi connectivity index (χ0) is 10.1. The fourth-order valence-corrected chi connectivity index (χ4v) is 2.58. The SMILES string of the molecule is CCC1NC2=C(CCC2)C[C@@H]1C(=O)O. The Morgan fingerprint density at radius 3 is 3.00 bits per heavy atom. The van der Waals surface area contributed by atoms with Gasteiger partial charge >= 0.3 is 5.97 Å². The Hall–Kier alpha value is -0.990. The Morgan fingerprint density at radius 2 is 2.36 bits per heavy atom. The normalized spacial score (nSPS) is 31.2. The van der Waals surface area contributed by atoms with E-state index in [0.29, 0.717) is 0 Å². The van der Waals surface area contributed by atoms with Crippen molar-refractivity contribution in [3.05, 3.63) is 11.3 Å². The first-order valence-electron chi connectivity index (χ1n) is 5.42. The van der Waals surface area contributed by atoms with Crippen molar-refractivity contribution in [2.45, 2.75) is 45.1 Å². The molecule has 0 radical (unpaired) electrons. The summed E-state index contributed by atoms with van der Waals surface area (Å²) in [5, 5.41) is 12.5. The lowest BCUT2D eigenvalue weighted by molar-refractivity contribution is -0.142. The van der Waals surface area contributed by atoms with Crippen LogP contribution in [0.4, 0.5) is 0 Å². The highest BCUT2D eigenvalue weighted by atomic mass is 16.4. The number of aliphatic carboxylic acids is 1. The lowest BCUT2D eigenvalue weighted by Gasteiger charge is -2.31. The van der Waals surface area contributed by atoms with Gasteiger partial charge in [0.05, 0.1) is 5.92 Å². The molecule has 0 saturated heterocycles. The van der Waals surface area contributed by atoms with Crippen LogP contribution in [0.2, 0.25) is 0 Å². The summed E-state index contributed by atoms with van der Waals surface area (Å²) in [5.74, 6) is -0.861. The van der Waals surface area contributed by atoms with Crippen LogP contribution in [-0.4, -0.2) is 17.1 Å². The third-order valence-electron chi connectivity index (χ3n) is 3.40.